The lowest BCUT2D eigenvalue weighted by molar-refractivity contribution is -0.387. The van der Waals surface area contributed by atoms with Crippen molar-refractivity contribution < 1.29 is 18.1 Å². The maximum absolute atomic E-state index is 11.2. The van der Waals surface area contributed by atoms with Crippen LogP contribution in [0.1, 0.15) is 12.8 Å². The van der Waals surface area contributed by atoms with Gasteiger partial charge in [-0.1, -0.05) is 0 Å². The fourth-order valence-electron chi connectivity index (χ4n) is 1.32. The number of hydrogen-bond acceptors (Lipinski definition) is 5. The predicted molar refractivity (Wildman–Crippen MR) is 58.1 cm³/mol. The van der Waals surface area contributed by atoms with Gasteiger partial charge in [0.05, 0.1) is 11.0 Å². The van der Waals surface area contributed by atoms with Gasteiger partial charge in [0.15, 0.2) is 4.90 Å². The fourth-order valence-corrected chi connectivity index (χ4v) is 2.04. The molecule has 1 aromatic rings. The molecular formula is C9H10N2O5S. The van der Waals surface area contributed by atoms with E-state index in [1.165, 1.54) is 6.07 Å². The molecule has 0 unspecified atom stereocenters. The standard InChI is InChI=1S/C9H10N2O5S/c10-17(14,15)9-5-7(16-6-1-2-6)3-4-8(9)11(12)13/h3-6H,1-2H2,(H2,10,14,15). The summed E-state index contributed by atoms with van der Waals surface area (Å²) in [7, 11) is -4.14. The summed E-state index contributed by atoms with van der Waals surface area (Å²) in [4.78, 5) is 9.34. The average molecular weight is 258 g/mol. The van der Waals surface area contributed by atoms with Gasteiger partial charge in [0.25, 0.3) is 5.69 Å². The third-order valence-electron chi connectivity index (χ3n) is 2.26. The minimum Gasteiger partial charge on any atom is -0.490 e. The summed E-state index contributed by atoms with van der Waals surface area (Å²) in [6, 6.07) is 3.54. The lowest BCUT2D eigenvalue weighted by atomic mass is 10.3. The molecule has 0 aromatic heterocycles. The van der Waals surface area contributed by atoms with Crippen LogP contribution in [-0.4, -0.2) is 19.4 Å². The average Bonchev–Trinajstić information content (AvgIpc) is 3.00. The zero-order valence-electron chi connectivity index (χ0n) is 8.70. The minimum atomic E-state index is -4.14. The molecule has 1 fully saturated rings. The number of nitro groups is 1. The fraction of sp³-hybridized carbons (Fsp3) is 0.333. The maximum atomic E-state index is 11.2. The second-order valence-electron chi connectivity index (χ2n) is 3.75. The summed E-state index contributed by atoms with van der Waals surface area (Å²) in [6.07, 6.45) is 1.88. The Morgan fingerprint density at radius 3 is 2.53 bits per heavy atom. The van der Waals surface area contributed by atoms with Gasteiger partial charge in [-0.05, 0) is 18.9 Å². The highest BCUT2D eigenvalue weighted by Crippen LogP contribution is 2.31. The highest BCUT2D eigenvalue weighted by molar-refractivity contribution is 7.89. The molecule has 1 aliphatic carbocycles. The smallest absolute Gasteiger partial charge is 0.289 e. The van der Waals surface area contributed by atoms with Crippen LogP contribution in [0.3, 0.4) is 0 Å². The monoisotopic (exact) mass is 258 g/mol. The van der Waals surface area contributed by atoms with Gasteiger partial charge in [0, 0.05) is 12.1 Å². The van der Waals surface area contributed by atoms with Crippen molar-refractivity contribution in [2.45, 2.75) is 23.8 Å². The van der Waals surface area contributed by atoms with Gasteiger partial charge in [-0.2, -0.15) is 0 Å². The number of ether oxygens (including phenoxy) is 1. The van der Waals surface area contributed by atoms with Gasteiger partial charge >= 0.3 is 0 Å². The first-order valence-corrected chi connectivity index (χ1v) is 6.40. The molecule has 0 saturated heterocycles. The zero-order chi connectivity index (χ0) is 12.6. The van der Waals surface area contributed by atoms with Gasteiger partial charge in [-0.3, -0.25) is 10.1 Å². The van der Waals surface area contributed by atoms with E-state index in [-0.39, 0.29) is 11.9 Å². The zero-order valence-corrected chi connectivity index (χ0v) is 9.51. The molecule has 0 amide bonds. The Morgan fingerprint density at radius 2 is 2.06 bits per heavy atom. The van der Waals surface area contributed by atoms with Crippen molar-refractivity contribution in [1.82, 2.24) is 0 Å². The van der Waals surface area contributed by atoms with E-state index in [0.717, 1.165) is 25.0 Å². The summed E-state index contributed by atoms with van der Waals surface area (Å²) in [5.74, 6) is 0.280. The van der Waals surface area contributed by atoms with Crippen LogP contribution >= 0.6 is 0 Å². The molecule has 0 aliphatic heterocycles. The van der Waals surface area contributed by atoms with Crippen molar-refractivity contribution in [3.05, 3.63) is 28.3 Å². The Labute approximate surface area is 97.4 Å². The van der Waals surface area contributed by atoms with E-state index >= 15 is 0 Å². The molecular weight excluding hydrogens is 248 g/mol. The van der Waals surface area contributed by atoms with Crippen molar-refractivity contribution in [1.29, 1.82) is 0 Å². The van der Waals surface area contributed by atoms with Crippen LogP contribution in [0.25, 0.3) is 0 Å². The van der Waals surface area contributed by atoms with E-state index in [0.29, 0.717) is 0 Å². The van der Waals surface area contributed by atoms with Gasteiger partial charge in [-0.15, -0.1) is 0 Å². The van der Waals surface area contributed by atoms with Crippen molar-refractivity contribution in [3.63, 3.8) is 0 Å². The van der Waals surface area contributed by atoms with Crippen molar-refractivity contribution in [2.75, 3.05) is 0 Å². The van der Waals surface area contributed by atoms with E-state index in [4.69, 9.17) is 9.88 Å². The second-order valence-corrected chi connectivity index (χ2v) is 5.28. The van der Waals surface area contributed by atoms with Gasteiger partial charge in [0.2, 0.25) is 10.0 Å². The van der Waals surface area contributed by atoms with Crippen LogP contribution < -0.4 is 9.88 Å². The van der Waals surface area contributed by atoms with E-state index in [1.54, 1.807) is 0 Å². The number of rotatable bonds is 4. The Morgan fingerprint density at radius 1 is 1.41 bits per heavy atom. The Hall–Kier alpha value is -1.67. The third kappa shape index (κ3) is 2.71. The number of nitrogens with two attached hydrogens (primary N) is 1. The molecule has 0 spiro atoms. The topological polar surface area (TPSA) is 113 Å². The second kappa shape index (κ2) is 3.97. The van der Waals surface area contributed by atoms with Crippen LogP contribution in [0.2, 0.25) is 0 Å². The van der Waals surface area contributed by atoms with Crippen LogP contribution in [0, 0.1) is 10.1 Å². The minimum absolute atomic E-state index is 0.0739. The largest absolute Gasteiger partial charge is 0.490 e. The van der Waals surface area contributed by atoms with E-state index in [2.05, 4.69) is 0 Å². The van der Waals surface area contributed by atoms with Gasteiger partial charge in [-0.25, -0.2) is 13.6 Å². The van der Waals surface area contributed by atoms with Crippen molar-refractivity contribution >= 4 is 15.7 Å². The Bertz CT molecular complexity index is 565. The molecule has 92 valence electrons. The van der Waals surface area contributed by atoms with Crippen molar-refractivity contribution in [2.24, 2.45) is 5.14 Å². The molecule has 7 nitrogen and oxygen atoms in total. The van der Waals surface area contributed by atoms with Crippen molar-refractivity contribution in [3.8, 4) is 5.75 Å². The molecule has 2 rings (SSSR count). The molecule has 8 heteroatoms. The molecule has 0 bridgehead atoms. The molecule has 0 heterocycles. The highest BCUT2D eigenvalue weighted by atomic mass is 32.2. The highest BCUT2D eigenvalue weighted by Gasteiger charge is 2.27. The van der Waals surface area contributed by atoms with Gasteiger partial charge < -0.3 is 4.74 Å². The summed E-state index contributed by atoms with van der Waals surface area (Å²) in [6.45, 7) is 0. The number of primary sulfonamides is 1. The molecule has 1 aromatic carbocycles. The first kappa shape index (κ1) is 11.8. The third-order valence-corrected chi connectivity index (χ3v) is 3.20. The number of nitrogens with zero attached hydrogens (tertiary/aromatic N) is 1. The summed E-state index contributed by atoms with van der Waals surface area (Å²) in [5.41, 5.74) is -0.546. The lowest BCUT2D eigenvalue weighted by Gasteiger charge is -2.06. The number of hydrogen-bond donors (Lipinski definition) is 1. The van der Waals surface area contributed by atoms with E-state index in [1.807, 2.05) is 0 Å². The molecule has 1 saturated carbocycles. The molecule has 0 atom stereocenters. The molecule has 0 radical (unpaired) electrons. The van der Waals surface area contributed by atoms with Crippen LogP contribution in [0.4, 0.5) is 5.69 Å². The van der Waals surface area contributed by atoms with Crippen LogP contribution in [-0.2, 0) is 10.0 Å². The van der Waals surface area contributed by atoms with Crippen LogP contribution in [0.15, 0.2) is 23.1 Å². The van der Waals surface area contributed by atoms with Crippen LogP contribution in [0.5, 0.6) is 5.75 Å². The number of benzene rings is 1. The molecule has 2 N–H and O–H groups in total. The number of nitro benzene ring substituents is 1. The Balaban J connectivity index is 2.45. The summed E-state index contributed by atoms with van der Waals surface area (Å²) < 4.78 is 27.8. The van der Waals surface area contributed by atoms with E-state index in [9.17, 15) is 18.5 Å². The van der Waals surface area contributed by atoms with E-state index < -0.39 is 25.5 Å². The summed E-state index contributed by atoms with van der Waals surface area (Å²) >= 11 is 0. The van der Waals surface area contributed by atoms with Gasteiger partial charge in [0.1, 0.15) is 5.75 Å². The molecule has 1 aliphatic rings. The molecule has 17 heavy (non-hydrogen) atoms. The lowest BCUT2D eigenvalue weighted by Crippen LogP contribution is -2.14. The maximum Gasteiger partial charge on any atom is 0.289 e. The normalized spacial score (nSPS) is 15.6. The first-order chi connectivity index (χ1) is 7.88. The summed E-state index contributed by atoms with van der Waals surface area (Å²) in [5, 5.41) is 15.6. The Kier molecular flexibility index (Phi) is 2.76. The SMILES string of the molecule is NS(=O)(=O)c1cc(OC2CC2)ccc1[N+](=O)[O-]. The first-order valence-electron chi connectivity index (χ1n) is 4.86. The predicted octanol–water partition coefficient (Wildman–Crippen LogP) is 0.783. The number of sulfonamides is 1. The quantitative estimate of drug-likeness (QED) is 0.633.